The van der Waals surface area contributed by atoms with Gasteiger partial charge in [-0.3, -0.25) is 9.88 Å². The van der Waals surface area contributed by atoms with E-state index < -0.39 is 0 Å². The van der Waals surface area contributed by atoms with Crippen molar-refractivity contribution in [3.05, 3.63) is 69.8 Å². The molecule has 0 aliphatic carbocycles. The number of rotatable bonds is 6. The number of hydrogen-bond acceptors (Lipinski definition) is 7. The van der Waals surface area contributed by atoms with Crippen molar-refractivity contribution in [1.82, 2.24) is 9.88 Å². The summed E-state index contributed by atoms with van der Waals surface area (Å²) >= 11 is 14.2. The summed E-state index contributed by atoms with van der Waals surface area (Å²) in [5.74, 6) is 0.486. The van der Waals surface area contributed by atoms with E-state index in [1.807, 2.05) is 6.07 Å². The number of methoxy groups -OCH3 is 1. The second-order valence-electron chi connectivity index (χ2n) is 8.78. The highest BCUT2D eigenvalue weighted by molar-refractivity contribution is 7.22. The average molecular weight is 539 g/mol. The second kappa shape index (κ2) is 10.6. The van der Waals surface area contributed by atoms with E-state index in [2.05, 4.69) is 45.5 Å². The number of hydrogen-bond donors (Lipinski definition) is 2. The van der Waals surface area contributed by atoms with Crippen molar-refractivity contribution in [2.45, 2.75) is 25.5 Å². The molecule has 1 aliphatic rings. The topological polar surface area (TPSA) is 81.4 Å². The number of anilines is 2. The number of nitrogens with zero attached hydrogens (tertiary/aromatic N) is 3. The first kappa shape index (κ1) is 24.8. The Labute approximate surface area is 223 Å². The molecular formula is C27H24Cl2N4O2S. The summed E-state index contributed by atoms with van der Waals surface area (Å²) in [6, 6.07) is 16.1. The van der Waals surface area contributed by atoms with Crippen molar-refractivity contribution in [2.24, 2.45) is 0 Å². The van der Waals surface area contributed by atoms with Crippen LogP contribution in [0.4, 0.5) is 11.4 Å². The van der Waals surface area contributed by atoms with E-state index in [1.54, 1.807) is 29.7 Å². The van der Waals surface area contributed by atoms with Crippen LogP contribution in [0.2, 0.25) is 10.0 Å². The van der Waals surface area contributed by atoms with Crippen LogP contribution in [0.25, 0.3) is 20.7 Å². The fraction of sp³-hybridized carbons (Fsp3) is 0.259. The molecule has 1 saturated heterocycles. The summed E-state index contributed by atoms with van der Waals surface area (Å²) in [7, 11) is 1.54. The highest BCUT2D eigenvalue weighted by atomic mass is 35.5. The lowest BCUT2D eigenvalue weighted by molar-refractivity contribution is 0.0792. The first-order valence-electron chi connectivity index (χ1n) is 11.6. The zero-order valence-corrected chi connectivity index (χ0v) is 21.9. The number of nitriles is 1. The van der Waals surface area contributed by atoms with Gasteiger partial charge in [-0.15, -0.1) is 11.3 Å². The van der Waals surface area contributed by atoms with Crippen LogP contribution in [0.1, 0.15) is 24.0 Å². The summed E-state index contributed by atoms with van der Waals surface area (Å²) in [5.41, 5.74) is 4.79. The number of piperidine rings is 1. The molecule has 9 heteroatoms. The number of aromatic nitrogens is 1. The van der Waals surface area contributed by atoms with Gasteiger partial charge in [0.05, 0.1) is 50.4 Å². The SMILES string of the molecule is COc1cc(Nc2c(C#N)cnc3cc(-c4ccc(CN5CCC(O)CC5)cc4)sc23)c(Cl)cc1Cl. The van der Waals surface area contributed by atoms with Gasteiger partial charge in [0.2, 0.25) is 0 Å². The van der Waals surface area contributed by atoms with E-state index in [0.717, 1.165) is 53.1 Å². The normalized spacial score (nSPS) is 14.6. The maximum Gasteiger partial charge on any atom is 0.139 e. The molecule has 0 radical (unpaired) electrons. The van der Waals surface area contributed by atoms with Crippen LogP contribution in [-0.4, -0.2) is 41.3 Å². The number of aliphatic hydroxyl groups is 1. The fourth-order valence-corrected chi connectivity index (χ4v) is 5.99. The van der Waals surface area contributed by atoms with E-state index in [0.29, 0.717) is 32.7 Å². The Bertz CT molecular complexity index is 1440. The van der Waals surface area contributed by atoms with Gasteiger partial charge in [0.1, 0.15) is 11.8 Å². The first-order chi connectivity index (χ1) is 17.4. The summed E-state index contributed by atoms with van der Waals surface area (Å²) in [6.45, 7) is 2.72. The van der Waals surface area contributed by atoms with Crippen LogP contribution in [0, 0.1) is 11.3 Å². The number of ether oxygens (including phenoxy) is 1. The predicted octanol–water partition coefficient (Wildman–Crippen LogP) is 6.85. The summed E-state index contributed by atoms with van der Waals surface area (Å²) in [4.78, 5) is 7.95. The van der Waals surface area contributed by atoms with Crippen LogP contribution < -0.4 is 10.1 Å². The van der Waals surface area contributed by atoms with Crippen LogP contribution in [0.15, 0.2) is 48.7 Å². The Balaban J connectivity index is 1.44. The monoisotopic (exact) mass is 538 g/mol. The van der Waals surface area contributed by atoms with Crippen LogP contribution >= 0.6 is 34.5 Å². The summed E-state index contributed by atoms with van der Waals surface area (Å²) in [6.07, 6.45) is 3.08. The molecule has 2 N–H and O–H groups in total. The zero-order chi connectivity index (χ0) is 25.2. The van der Waals surface area contributed by atoms with Gasteiger partial charge in [-0.25, -0.2) is 0 Å². The van der Waals surface area contributed by atoms with Gasteiger partial charge in [0.25, 0.3) is 0 Å². The molecule has 5 rings (SSSR count). The number of benzene rings is 2. The molecule has 0 unspecified atom stereocenters. The van der Waals surface area contributed by atoms with Crippen molar-refractivity contribution < 1.29 is 9.84 Å². The van der Waals surface area contributed by atoms with Crippen molar-refractivity contribution >= 4 is 56.1 Å². The van der Waals surface area contributed by atoms with Gasteiger partial charge in [-0.05, 0) is 36.1 Å². The lowest BCUT2D eigenvalue weighted by Gasteiger charge is -2.29. The van der Waals surface area contributed by atoms with Gasteiger partial charge in [0.15, 0.2) is 0 Å². The highest BCUT2D eigenvalue weighted by Crippen LogP contribution is 2.41. The van der Waals surface area contributed by atoms with Gasteiger partial charge < -0.3 is 15.2 Å². The van der Waals surface area contributed by atoms with E-state index in [1.165, 1.54) is 12.7 Å². The zero-order valence-electron chi connectivity index (χ0n) is 19.6. The predicted molar refractivity (Wildman–Crippen MR) is 147 cm³/mol. The molecule has 0 bridgehead atoms. The minimum Gasteiger partial charge on any atom is -0.495 e. The molecule has 0 amide bonds. The molecule has 36 heavy (non-hydrogen) atoms. The van der Waals surface area contributed by atoms with Crippen LogP contribution in [0.3, 0.4) is 0 Å². The number of nitrogens with one attached hydrogen (secondary N) is 1. The van der Waals surface area contributed by atoms with Crippen molar-refractivity contribution in [3.63, 3.8) is 0 Å². The molecule has 0 saturated carbocycles. The molecule has 2 aromatic heterocycles. The number of thiophene rings is 1. The lowest BCUT2D eigenvalue weighted by atomic mass is 10.1. The minimum atomic E-state index is -0.163. The Morgan fingerprint density at radius 2 is 1.92 bits per heavy atom. The quantitative estimate of drug-likeness (QED) is 0.279. The summed E-state index contributed by atoms with van der Waals surface area (Å²) in [5, 5.41) is 23.6. The molecule has 1 fully saturated rings. The Morgan fingerprint density at radius 1 is 1.17 bits per heavy atom. The summed E-state index contributed by atoms with van der Waals surface area (Å²) < 4.78 is 6.19. The Hall–Kier alpha value is -2.86. The van der Waals surface area contributed by atoms with Gasteiger partial charge in [0, 0.05) is 36.8 Å². The Kier molecular flexibility index (Phi) is 7.33. The maximum atomic E-state index is 9.75. The van der Waals surface area contributed by atoms with E-state index in [9.17, 15) is 10.4 Å². The van der Waals surface area contributed by atoms with Gasteiger partial charge in [-0.1, -0.05) is 47.5 Å². The number of pyridine rings is 1. The molecule has 4 aromatic rings. The number of aliphatic hydroxyl groups excluding tert-OH is 1. The van der Waals surface area contributed by atoms with E-state index in [4.69, 9.17) is 27.9 Å². The molecule has 0 spiro atoms. The number of likely N-dealkylation sites (tertiary alicyclic amines) is 1. The number of fused-ring (bicyclic) bond motifs is 1. The fourth-order valence-electron chi connectivity index (χ4n) is 4.35. The highest BCUT2D eigenvalue weighted by Gasteiger charge is 2.18. The van der Waals surface area contributed by atoms with E-state index in [-0.39, 0.29) is 6.10 Å². The van der Waals surface area contributed by atoms with Gasteiger partial charge >= 0.3 is 0 Å². The van der Waals surface area contributed by atoms with Crippen molar-refractivity contribution in [2.75, 3.05) is 25.5 Å². The smallest absolute Gasteiger partial charge is 0.139 e. The second-order valence-corrected chi connectivity index (χ2v) is 10.6. The molecule has 1 aliphatic heterocycles. The molecule has 184 valence electrons. The average Bonchev–Trinajstić information content (AvgIpc) is 3.32. The Morgan fingerprint density at radius 3 is 2.61 bits per heavy atom. The lowest BCUT2D eigenvalue weighted by Crippen LogP contribution is -2.35. The van der Waals surface area contributed by atoms with Crippen LogP contribution in [0.5, 0.6) is 5.75 Å². The largest absolute Gasteiger partial charge is 0.495 e. The molecule has 6 nitrogen and oxygen atoms in total. The van der Waals surface area contributed by atoms with E-state index >= 15 is 0 Å². The molecule has 2 aromatic carbocycles. The van der Waals surface area contributed by atoms with Crippen molar-refractivity contribution in [3.8, 4) is 22.3 Å². The third-order valence-electron chi connectivity index (χ3n) is 6.36. The standard InChI is InChI=1S/C27H24Cl2N4O2S/c1-35-24-11-22(20(28)10-21(24)29)32-26-18(13-30)14-31-23-12-25(36-27(23)26)17-4-2-16(3-5-17)15-33-8-6-19(34)7-9-33/h2-5,10-12,14,19,34H,6-9,15H2,1H3,(H,31,32). The third-order valence-corrected chi connectivity index (χ3v) is 8.16. The van der Waals surface area contributed by atoms with Crippen molar-refractivity contribution in [1.29, 1.82) is 5.26 Å². The first-order valence-corrected chi connectivity index (χ1v) is 13.1. The van der Waals surface area contributed by atoms with Crippen LogP contribution in [-0.2, 0) is 6.54 Å². The third kappa shape index (κ3) is 5.15. The molecule has 0 atom stereocenters. The molecule has 3 heterocycles. The van der Waals surface area contributed by atoms with Gasteiger partial charge in [-0.2, -0.15) is 5.26 Å². The number of halogens is 2. The minimum absolute atomic E-state index is 0.163. The molecular weight excluding hydrogens is 515 g/mol. The maximum absolute atomic E-state index is 9.75.